The summed E-state index contributed by atoms with van der Waals surface area (Å²) in [6.45, 7) is 7.94. The van der Waals surface area contributed by atoms with E-state index < -0.39 is 48.3 Å². The summed E-state index contributed by atoms with van der Waals surface area (Å²) in [4.78, 5) is 54.7. The lowest BCUT2D eigenvalue weighted by Gasteiger charge is -2.48. The van der Waals surface area contributed by atoms with Gasteiger partial charge in [-0.05, 0) is 64.1 Å². The van der Waals surface area contributed by atoms with Gasteiger partial charge in [0.15, 0.2) is 11.6 Å². The maximum absolute atomic E-state index is 15.3. The first-order chi connectivity index (χ1) is 29.5. The van der Waals surface area contributed by atoms with Crippen molar-refractivity contribution in [3.05, 3.63) is 77.6 Å². The van der Waals surface area contributed by atoms with Crippen LogP contribution in [0.15, 0.2) is 58.8 Å². The lowest BCUT2D eigenvalue weighted by molar-refractivity contribution is -0.201. The molecule has 1 aliphatic carbocycles. The highest BCUT2D eigenvalue weighted by atomic mass is 19.1. The third-order valence-electron chi connectivity index (χ3n) is 11.6. The topological polar surface area (TPSA) is 175 Å². The summed E-state index contributed by atoms with van der Waals surface area (Å²) in [5, 5.41) is 21.3. The van der Waals surface area contributed by atoms with Gasteiger partial charge in [-0.3, -0.25) is 19.6 Å². The summed E-state index contributed by atoms with van der Waals surface area (Å²) >= 11 is 0. The second-order valence-electron chi connectivity index (χ2n) is 15.6. The highest BCUT2D eigenvalue weighted by Crippen LogP contribution is 2.37. The smallest absolute Gasteiger partial charge is 0.258 e. The van der Waals surface area contributed by atoms with Crippen molar-refractivity contribution in [2.75, 3.05) is 45.3 Å². The van der Waals surface area contributed by atoms with Gasteiger partial charge in [0.2, 0.25) is 11.9 Å². The van der Waals surface area contributed by atoms with Crippen LogP contribution in [-0.2, 0) is 20.9 Å². The van der Waals surface area contributed by atoms with Gasteiger partial charge < -0.3 is 29.5 Å². The zero-order valence-electron chi connectivity index (χ0n) is 33.7. The van der Waals surface area contributed by atoms with Gasteiger partial charge in [-0.25, -0.2) is 37.8 Å². The van der Waals surface area contributed by atoms with E-state index in [1.807, 2.05) is 23.3 Å². The van der Waals surface area contributed by atoms with Crippen LogP contribution in [0.2, 0.25) is 0 Å². The Kier molecular flexibility index (Phi) is 10.5. The first-order valence-corrected chi connectivity index (χ1v) is 20.1. The number of amidine groups is 1. The van der Waals surface area contributed by atoms with Crippen molar-refractivity contribution in [1.82, 2.24) is 49.1 Å². The summed E-state index contributed by atoms with van der Waals surface area (Å²) in [7, 11) is 1.70. The second kappa shape index (κ2) is 16.0. The molecule has 4 bridgehead atoms. The molecule has 0 unspecified atom stereocenters. The quantitative estimate of drug-likeness (QED) is 0.164. The molecule has 6 heterocycles. The number of hydrazine groups is 1. The van der Waals surface area contributed by atoms with Gasteiger partial charge in [0.25, 0.3) is 5.91 Å². The molecule has 2 saturated heterocycles. The van der Waals surface area contributed by atoms with Crippen LogP contribution in [-0.4, -0.2) is 149 Å². The standard InChI is InChI=1S/C41H44F3N13O4/c1-5-61-27-18-52(4)39(59)34-15-25(50-41-46-11-10-31(51-41)28-12-24(43)14-32-36(28)53(19-27)22(2)49-32)17-54(34)38(47-21-55-35(20-58)40(60)57(55)26-7-8-26)29-16-48-56(37(29)45-3)33-9-6-23(42)13-30(33)44/h6,9-14,16,25-27,34-35,58H,3,5,7-8,15,17-21H2,1-2,4H3,(H,46,50,51)/b47-38+/t25-,27-,34-,35+/m0/s1. The van der Waals surface area contributed by atoms with Crippen molar-refractivity contribution in [1.29, 1.82) is 0 Å². The van der Waals surface area contributed by atoms with E-state index in [2.05, 4.69) is 32.1 Å². The number of likely N-dealkylation sites (N-methyl/N-ethyl adjacent to an activating group) is 1. The number of aliphatic imine (C=N–C) groups is 2. The third-order valence-corrected chi connectivity index (χ3v) is 11.6. The van der Waals surface area contributed by atoms with Crippen LogP contribution in [0.25, 0.3) is 28.0 Å². The van der Waals surface area contributed by atoms with E-state index >= 15 is 8.78 Å². The van der Waals surface area contributed by atoms with E-state index in [-0.39, 0.29) is 79.4 Å². The minimum atomic E-state index is -0.890. The average Bonchev–Trinajstić information content (AvgIpc) is 3.69. The van der Waals surface area contributed by atoms with Crippen molar-refractivity contribution < 1.29 is 32.6 Å². The Hall–Kier alpha value is -6.25. The number of halogens is 3. The Bertz CT molecular complexity index is 2580. The molecule has 2 aromatic carbocycles. The molecule has 20 heteroatoms. The van der Waals surface area contributed by atoms with Crippen LogP contribution in [0.3, 0.4) is 0 Å². The summed E-state index contributed by atoms with van der Waals surface area (Å²) in [6.07, 6.45) is 4.37. The number of carbonyl (C=O) groups excluding carboxylic acids is 2. The largest absolute Gasteiger partial charge is 0.394 e. The molecule has 2 N–H and O–H groups in total. The van der Waals surface area contributed by atoms with Crippen molar-refractivity contribution in [2.24, 2.45) is 9.98 Å². The molecule has 17 nitrogen and oxygen atoms in total. The van der Waals surface area contributed by atoms with E-state index in [1.54, 1.807) is 34.2 Å². The first-order valence-electron chi connectivity index (χ1n) is 20.1. The Morgan fingerprint density at radius 2 is 1.87 bits per heavy atom. The Morgan fingerprint density at radius 3 is 2.61 bits per heavy atom. The van der Waals surface area contributed by atoms with Crippen LogP contribution in [0.4, 0.5) is 24.9 Å². The molecule has 3 aliphatic heterocycles. The number of rotatable bonds is 9. The SMILES string of the molecule is C=Nc1c(/C(=N\CN2[C@H](CO)C(=O)N2C2CC2)N2C[C@@H]3C[C@H]2C(=O)N(C)C[C@H](OCC)Cn2c(C)nc4cc(F)cc(c42)-c2ccnc(n2)N3)cnn1-c1ccc(F)cc1F. The average molecular weight is 840 g/mol. The fraction of sp³-hybridized carbons (Fsp3) is 0.415. The number of nitrogens with one attached hydrogen (secondary N) is 1. The van der Waals surface area contributed by atoms with Gasteiger partial charge in [0.05, 0.1) is 47.7 Å². The molecular formula is C41H44F3N13O4. The van der Waals surface area contributed by atoms with E-state index in [0.29, 0.717) is 34.7 Å². The van der Waals surface area contributed by atoms with E-state index in [4.69, 9.17) is 14.7 Å². The van der Waals surface area contributed by atoms with Gasteiger partial charge in [0, 0.05) is 62.7 Å². The molecule has 1 saturated carbocycles. The third kappa shape index (κ3) is 7.27. The number of likely N-dealkylation sites (tertiary alicyclic amines) is 1. The number of ether oxygens (including phenoxy) is 1. The number of hydrogen-bond donors (Lipinski definition) is 2. The molecule has 318 valence electrons. The van der Waals surface area contributed by atoms with Gasteiger partial charge in [-0.1, -0.05) is 0 Å². The number of nitrogens with zero attached hydrogens (tertiary/aromatic N) is 12. The molecule has 5 aromatic rings. The van der Waals surface area contributed by atoms with Crippen LogP contribution in [0.5, 0.6) is 0 Å². The van der Waals surface area contributed by atoms with Crippen molar-refractivity contribution in [2.45, 2.75) is 69.9 Å². The zero-order valence-corrected chi connectivity index (χ0v) is 33.7. The number of anilines is 1. The minimum Gasteiger partial charge on any atom is -0.394 e. The molecular weight excluding hydrogens is 796 g/mol. The van der Waals surface area contributed by atoms with Gasteiger partial charge in [-0.15, -0.1) is 0 Å². The number of carbonyl (C=O) groups is 2. The van der Waals surface area contributed by atoms with Crippen LogP contribution in [0.1, 0.15) is 37.6 Å². The maximum atomic E-state index is 15.3. The zero-order chi connectivity index (χ0) is 42.7. The van der Waals surface area contributed by atoms with Crippen LogP contribution in [0, 0.1) is 24.4 Å². The number of imidazole rings is 1. The predicted octanol–water partition coefficient (Wildman–Crippen LogP) is 3.46. The lowest BCUT2D eigenvalue weighted by atomic mass is 10.1. The van der Waals surface area contributed by atoms with Crippen molar-refractivity contribution in [3.63, 3.8) is 0 Å². The minimum absolute atomic E-state index is 0.00143. The first kappa shape index (κ1) is 40.2. The number of aliphatic hydroxyl groups is 1. The molecule has 61 heavy (non-hydrogen) atoms. The molecule has 3 aromatic heterocycles. The van der Waals surface area contributed by atoms with Crippen molar-refractivity contribution in [3.8, 4) is 16.9 Å². The number of fused-ring (bicyclic) bond motifs is 5. The molecule has 4 aliphatic rings. The molecule has 0 radical (unpaired) electrons. The summed E-state index contributed by atoms with van der Waals surface area (Å²) in [5.41, 5.74) is 2.29. The molecule has 2 amide bonds. The van der Waals surface area contributed by atoms with Crippen molar-refractivity contribution >= 4 is 47.2 Å². The summed E-state index contributed by atoms with van der Waals surface area (Å²) in [5.74, 6) is -1.44. The maximum Gasteiger partial charge on any atom is 0.258 e. The highest BCUT2D eigenvalue weighted by molar-refractivity contribution is 6.05. The fourth-order valence-corrected chi connectivity index (χ4v) is 8.69. The lowest BCUT2D eigenvalue weighted by Crippen LogP contribution is -2.70. The highest BCUT2D eigenvalue weighted by Gasteiger charge is 2.51. The molecule has 9 rings (SSSR count). The Balaban J connectivity index is 1.16. The van der Waals surface area contributed by atoms with Gasteiger partial charge in [-0.2, -0.15) is 10.1 Å². The summed E-state index contributed by atoms with van der Waals surface area (Å²) < 4.78 is 53.9. The summed E-state index contributed by atoms with van der Waals surface area (Å²) in [6, 6.07) is 5.44. The van der Waals surface area contributed by atoms with E-state index in [1.165, 1.54) is 29.1 Å². The number of benzene rings is 2. The van der Waals surface area contributed by atoms with Crippen LogP contribution < -0.4 is 5.32 Å². The van der Waals surface area contributed by atoms with E-state index in [9.17, 15) is 19.1 Å². The molecule has 3 fully saturated rings. The number of hydrogen-bond acceptors (Lipinski definition) is 12. The number of aliphatic hydroxyl groups excluding tert-OH is 1. The Morgan fingerprint density at radius 1 is 1.05 bits per heavy atom. The molecule has 4 atom stereocenters. The molecule has 0 spiro atoms. The normalized spacial score (nSPS) is 22.3. The van der Waals surface area contributed by atoms with E-state index in [0.717, 1.165) is 25.0 Å². The van der Waals surface area contributed by atoms with Crippen LogP contribution >= 0.6 is 0 Å². The number of aryl methyl sites for hydroxylation is 1. The number of aromatic nitrogens is 6. The van der Waals surface area contributed by atoms with Gasteiger partial charge >= 0.3 is 0 Å². The predicted molar refractivity (Wildman–Crippen MR) is 218 cm³/mol. The van der Waals surface area contributed by atoms with Gasteiger partial charge in [0.1, 0.15) is 47.7 Å². The fourth-order valence-electron chi connectivity index (χ4n) is 8.69. The second-order valence-corrected chi connectivity index (χ2v) is 15.6. The number of amides is 2. The Labute approximate surface area is 348 Å². The monoisotopic (exact) mass is 839 g/mol.